The van der Waals surface area contributed by atoms with Crippen LogP contribution < -0.4 is 5.32 Å². The summed E-state index contributed by atoms with van der Waals surface area (Å²) in [6, 6.07) is 9.48. The van der Waals surface area contributed by atoms with Gasteiger partial charge in [-0.05, 0) is 18.1 Å². The number of hydrogen-bond acceptors (Lipinski definition) is 4. The summed E-state index contributed by atoms with van der Waals surface area (Å²) in [4.78, 5) is 10.7. The topological polar surface area (TPSA) is 75.4 Å². The molecule has 0 aliphatic rings. The molecule has 0 aliphatic carbocycles. The van der Waals surface area contributed by atoms with Crippen LogP contribution in [0.25, 0.3) is 0 Å². The Kier molecular flexibility index (Phi) is 4.18. The van der Waals surface area contributed by atoms with E-state index in [0.717, 1.165) is 18.5 Å². The van der Waals surface area contributed by atoms with Gasteiger partial charge in [0.05, 0.1) is 6.54 Å². The van der Waals surface area contributed by atoms with Crippen LogP contribution >= 0.6 is 0 Å². The van der Waals surface area contributed by atoms with Crippen LogP contribution in [0.5, 0.6) is 0 Å². The molecule has 5 nitrogen and oxygen atoms in total. The van der Waals surface area contributed by atoms with Gasteiger partial charge in [-0.3, -0.25) is 0 Å². The molecule has 0 aliphatic heterocycles. The van der Waals surface area contributed by atoms with Crippen molar-refractivity contribution in [3.63, 3.8) is 0 Å². The average Bonchev–Trinajstić information content (AvgIpc) is 2.87. The predicted molar refractivity (Wildman–Crippen MR) is 71.2 cm³/mol. The van der Waals surface area contributed by atoms with Crippen molar-refractivity contribution >= 4 is 11.7 Å². The zero-order chi connectivity index (χ0) is 13.7. The number of rotatable bonds is 6. The van der Waals surface area contributed by atoms with Crippen molar-refractivity contribution in [2.45, 2.75) is 26.3 Å². The van der Waals surface area contributed by atoms with E-state index in [-0.39, 0.29) is 5.69 Å². The van der Waals surface area contributed by atoms with Crippen LogP contribution in [0.3, 0.4) is 0 Å². The third-order valence-corrected chi connectivity index (χ3v) is 2.77. The van der Waals surface area contributed by atoms with Crippen molar-refractivity contribution in [1.29, 1.82) is 0 Å². The summed E-state index contributed by atoms with van der Waals surface area (Å²) in [5.74, 6) is -0.579. The normalized spacial score (nSPS) is 10.4. The molecular formula is C14H16N2O3. The largest absolute Gasteiger partial charge is 0.476 e. The minimum absolute atomic E-state index is 0.0707. The van der Waals surface area contributed by atoms with Gasteiger partial charge in [-0.15, -0.1) is 0 Å². The Morgan fingerprint density at radius 1 is 1.42 bits per heavy atom. The van der Waals surface area contributed by atoms with E-state index in [1.54, 1.807) is 0 Å². The molecule has 0 saturated carbocycles. The predicted octanol–water partition coefficient (Wildman–Crippen LogP) is 2.94. The number of carboxylic acid groups (broad SMARTS) is 1. The smallest absolute Gasteiger partial charge is 0.358 e. The van der Waals surface area contributed by atoms with E-state index in [1.165, 1.54) is 11.6 Å². The van der Waals surface area contributed by atoms with Gasteiger partial charge in [0.25, 0.3) is 0 Å². The Morgan fingerprint density at radius 2 is 2.21 bits per heavy atom. The lowest BCUT2D eigenvalue weighted by Crippen LogP contribution is -2.01. The molecule has 0 saturated heterocycles. The van der Waals surface area contributed by atoms with Gasteiger partial charge < -0.3 is 14.9 Å². The number of nitrogens with zero attached hydrogens (tertiary/aromatic N) is 1. The standard InChI is InChI=1S/C14H16N2O3/c1-2-5-10-6-3-4-7-12(10)15-9-11-8-13(14(17)18)16-19-11/h3-4,6-8,15H,2,5,9H2,1H3,(H,17,18). The molecule has 100 valence electrons. The number of aromatic carboxylic acids is 1. The van der Waals surface area contributed by atoms with Gasteiger partial charge in [-0.2, -0.15) is 0 Å². The minimum atomic E-state index is -1.08. The highest BCUT2D eigenvalue weighted by atomic mass is 16.5. The van der Waals surface area contributed by atoms with Gasteiger partial charge in [0.1, 0.15) is 0 Å². The lowest BCUT2D eigenvalue weighted by atomic mass is 10.1. The monoisotopic (exact) mass is 260 g/mol. The third-order valence-electron chi connectivity index (χ3n) is 2.77. The van der Waals surface area contributed by atoms with Crippen molar-refractivity contribution in [3.05, 3.63) is 47.3 Å². The number of aromatic nitrogens is 1. The number of carboxylic acids is 1. The molecule has 2 aromatic rings. The average molecular weight is 260 g/mol. The highest BCUT2D eigenvalue weighted by Crippen LogP contribution is 2.18. The molecule has 19 heavy (non-hydrogen) atoms. The van der Waals surface area contributed by atoms with E-state index in [4.69, 9.17) is 9.63 Å². The lowest BCUT2D eigenvalue weighted by Gasteiger charge is -2.09. The van der Waals surface area contributed by atoms with Gasteiger partial charge in [-0.1, -0.05) is 36.7 Å². The van der Waals surface area contributed by atoms with Crippen LogP contribution in [0.15, 0.2) is 34.9 Å². The molecule has 0 radical (unpaired) electrons. The van der Waals surface area contributed by atoms with Crippen molar-refractivity contribution in [2.75, 3.05) is 5.32 Å². The summed E-state index contributed by atoms with van der Waals surface area (Å²) in [5, 5.41) is 15.5. The Bertz CT molecular complexity index is 563. The quantitative estimate of drug-likeness (QED) is 0.835. The van der Waals surface area contributed by atoms with Gasteiger partial charge >= 0.3 is 5.97 Å². The second-order valence-electron chi connectivity index (χ2n) is 4.24. The first kappa shape index (κ1) is 13.1. The molecule has 2 N–H and O–H groups in total. The van der Waals surface area contributed by atoms with Crippen molar-refractivity contribution in [2.24, 2.45) is 0 Å². The molecular weight excluding hydrogens is 244 g/mol. The highest BCUT2D eigenvalue weighted by Gasteiger charge is 2.10. The number of hydrogen-bond donors (Lipinski definition) is 2. The SMILES string of the molecule is CCCc1ccccc1NCc1cc(C(=O)O)no1. The fraction of sp³-hybridized carbons (Fsp3) is 0.286. The van der Waals surface area contributed by atoms with Crippen LogP contribution in [-0.2, 0) is 13.0 Å². The third kappa shape index (κ3) is 3.34. The number of nitrogens with one attached hydrogen (secondary N) is 1. The minimum Gasteiger partial charge on any atom is -0.476 e. The van der Waals surface area contributed by atoms with E-state index in [1.807, 2.05) is 18.2 Å². The maximum absolute atomic E-state index is 10.7. The number of benzene rings is 1. The molecule has 0 fully saturated rings. The summed E-state index contributed by atoms with van der Waals surface area (Å²) >= 11 is 0. The Balaban J connectivity index is 2.03. The fourth-order valence-corrected chi connectivity index (χ4v) is 1.86. The summed E-state index contributed by atoms with van der Waals surface area (Å²) in [6.45, 7) is 2.55. The molecule has 1 aromatic heterocycles. The van der Waals surface area contributed by atoms with Crippen molar-refractivity contribution < 1.29 is 14.4 Å². The second kappa shape index (κ2) is 6.04. The fourth-order valence-electron chi connectivity index (χ4n) is 1.86. The Morgan fingerprint density at radius 3 is 2.89 bits per heavy atom. The van der Waals surface area contributed by atoms with Crippen LogP contribution in [0.2, 0.25) is 0 Å². The molecule has 2 rings (SSSR count). The van der Waals surface area contributed by atoms with Crippen molar-refractivity contribution in [1.82, 2.24) is 5.16 Å². The van der Waals surface area contributed by atoms with E-state index in [2.05, 4.69) is 23.5 Å². The van der Waals surface area contributed by atoms with Gasteiger partial charge in [-0.25, -0.2) is 4.79 Å². The number of anilines is 1. The molecule has 0 unspecified atom stereocenters. The highest BCUT2D eigenvalue weighted by molar-refractivity contribution is 5.85. The maximum atomic E-state index is 10.7. The summed E-state index contributed by atoms with van der Waals surface area (Å²) in [7, 11) is 0. The van der Waals surface area contributed by atoms with Gasteiger partial charge in [0, 0.05) is 11.8 Å². The van der Waals surface area contributed by atoms with E-state index in [0.29, 0.717) is 12.3 Å². The summed E-state index contributed by atoms with van der Waals surface area (Å²) in [5.41, 5.74) is 2.21. The molecule has 0 amide bonds. The molecule has 5 heteroatoms. The van der Waals surface area contributed by atoms with Gasteiger partial charge in [0.2, 0.25) is 0 Å². The molecule has 0 spiro atoms. The van der Waals surface area contributed by atoms with E-state index < -0.39 is 5.97 Å². The maximum Gasteiger partial charge on any atom is 0.358 e. The van der Waals surface area contributed by atoms with E-state index in [9.17, 15) is 4.79 Å². The Labute approximate surface area is 111 Å². The lowest BCUT2D eigenvalue weighted by molar-refractivity contribution is 0.0685. The van der Waals surface area contributed by atoms with Crippen LogP contribution in [0.4, 0.5) is 5.69 Å². The number of carbonyl (C=O) groups is 1. The summed E-state index contributed by atoms with van der Waals surface area (Å²) < 4.78 is 4.95. The molecule has 1 aromatic carbocycles. The molecule has 0 bridgehead atoms. The van der Waals surface area contributed by atoms with Crippen LogP contribution in [0, 0.1) is 0 Å². The molecule has 0 atom stereocenters. The molecule has 1 heterocycles. The van der Waals surface area contributed by atoms with E-state index >= 15 is 0 Å². The Hall–Kier alpha value is -2.30. The second-order valence-corrected chi connectivity index (χ2v) is 4.24. The zero-order valence-corrected chi connectivity index (χ0v) is 10.7. The van der Waals surface area contributed by atoms with Crippen molar-refractivity contribution in [3.8, 4) is 0 Å². The van der Waals surface area contributed by atoms with Crippen LogP contribution in [-0.4, -0.2) is 16.2 Å². The first-order chi connectivity index (χ1) is 9.20. The summed E-state index contributed by atoms with van der Waals surface area (Å²) in [6.07, 6.45) is 2.07. The van der Waals surface area contributed by atoms with Crippen LogP contribution in [0.1, 0.15) is 35.2 Å². The zero-order valence-electron chi connectivity index (χ0n) is 10.7. The number of para-hydroxylation sites is 1. The first-order valence-corrected chi connectivity index (χ1v) is 6.21. The number of aryl methyl sites for hydroxylation is 1. The van der Waals surface area contributed by atoms with Gasteiger partial charge in [0.15, 0.2) is 11.5 Å². The first-order valence-electron chi connectivity index (χ1n) is 6.21.